The Bertz CT molecular complexity index is 1050. The van der Waals surface area contributed by atoms with Gasteiger partial charge in [0, 0.05) is 7.05 Å². The molecule has 3 amide bonds. The Hall–Kier alpha value is -3.42. The highest BCUT2D eigenvalue weighted by Gasteiger charge is 2.47. The van der Waals surface area contributed by atoms with Gasteiger partial charge in [-0.3, -0.25) is 28.8 Å². The molecule has 0 bridgehead atoms. The summed E-state index contributed by atoms with van der Waals surface area (Å²) in [5, 5.41) is 2.60. The second kappa shape index (κ2) is 7.20. The number of amides is 3. The molecule has 29 heavy (non-hydrogen) atoms. The third kappa shape index (κ3) is 3.10. The minimum absolute atomic E-state index is 0.138. The molecule has 2 atom stereocenters. The minimum Gasteiger partial charge on any atom is -0.318 e. The average Bonchev–Trinajstić information content (AvgIpc) is 3.09. The number of para-hydroxylation sites is 1. The Morgan fingerprint density at radius 2 is 1.62 bits per heavy atom. The molecule has 2 aromatic rings. The van der Waals surface area contributed by atoms with Crippen molar-refractivity contribution in [1.82, 2.24) is 14.3 Å². The van der Waals surface area contributed by atoms with Gasteiger partial charge >= 0.3 is 0 Å². The lowest BCUT2D eigenvalue weighted by Crippen LogP contribution is -2.39. The topological polar surface area (TPSA) is 93.4 Å². The summed E-state index contributed by atoms with van der Waals surface area (Å²) >= 11 is 0. The Morgan fingerprint density at radius 1 is 1.03 bits per heavy atom. The highest BCUT2D eigenvalue weighted by atomic mass is 16.2. The monoisotopic (exact) mass is 394 g/mol. The normalized spacial score (nSPS) is 20.8. The quantitative estimate of drug-likeness (QED) is 0.626. The van der Waals surface area contributed by atoms with Crippen molar-refractivity contribution >= 4 is 23.4 Å². The van der Waals surface area contributed by atoms with Crippen molar-refractivity contribution in [1.29, 1.82) is 0 Å². The predicted octanol–water partition coefficient (Wildman–Crippen LogP) is 1.37. The highest BCUT2D eigenvalue weighted by molar-refractivity contribution is 6.08. The van der Waals surface area contributed by atoms with Crippen LogP contribution in [0.3, 0.4) is 0 Å². The number of hydrogen-bond donors (Lipinski definition) is 1. The summed E-state index contributed by atoms with van der Waals surface area (Å²) in [6, 6.07) is 9.08. The molecule has 8 heteroatoms. The van der Waals surface area contributed by atoms with Crippen LogP contribution in [0, 0.1) is 18.8 Å². The van der Waals surface area contributed by atoms with Crippen LogP contribution in [0.2, 0.25) is 0 Å². The molecular weight excluding hydrogens is 372 g/mol. The molecule has 2 aliphatic rings. The SMILES string of the molecule is Cc1c(NC(=O)CN2C(=O)[C@@H]3CC=CC[C@H]3C2=O)c(=O)n(-c2ccccc2)n1C. The van der Waals surface area contributed by atoms with E-state index in [0.29, 0.717) is 24.2 Å². The maximum Gasteiger partial charge on any atom is 0.295 e. The molecule has 0 radical (unpaired) electrons. The molecule has 0 saturated carbocycles. The van der Waals surface area contributed by atoms with Gasteiger partial charge in [-0.05, 0) is 31.9 Å². The van der Waals surface area contributed by atoms with Gasteiger partial charge < -0.3 is 5.32 Å². The van der Waals surface area contributed by atoms with Gasteiger partial charge in [-0.25, -0.2) is 4.68 Å². The smallest absolute Gasteiger partial charge is 0.295 e. The van der Waals surface area contributed by atoms with Crippen molar-refractivity contribution in [3.05, 3.63) is 58.5 Å². The number of carbonyl (C=O) groups is 3. The fourth-order valence-electron chi connectivity index (χ4n) is 4.06. The molecule has 2 heterocycles. The summed E-state index contributed by atoms with van der Waals surface area (Å²) in [7, 11) is 1.73. The fraction of sp³-hybridized carbons (Fsp3) is 0.333. The van der Waals surface area contributed by atoms with Crippen LogP contribution in [0.1, 0.15) is 18.5 Å². The number of rotatable bonds is 4. The number of nitrogens with one attached hydrogen (secondary N) is 1. The number of likely N-dealkylation sites (tertiary alicyclic amines) is 1. The minimum atomic E-state index is -0.565. The molecule has 1 N–H and O–H groups in total. The lowest BCUT2D eigenvalue weighted by atomic mass is 9.85. The molecule has 0 unspecified atom stereocenters. The Balaban J connectivity index is 1.55. The number of anilines is 1. The highest BCUT2D eigenvalue weighted by Crippen LogP contribution is 2.34. The van der Waals surface area contributed by atoms with Gasteiger partial charge in [0.05, 0.1) is 23.2 Å². The maximum atomic E-state index is 12.9. The molecule has 4 rings (SSSR count). The molecule has 1 aromatic heterocycles. The molecular formula is C21H22N4O4. The van der Waals surface area contributed by atoms with Crippen LogP contribution >= 0.6 is 0 Å². The number of fused-ring (bicyclic) bond motifs is 1. The van der Waals surface area contributed by atoms with Gasteiger partial charge in [0.25, 0.3) is 5.56 Å². The third-order valence-electron chi connectivity index (χ3n) is 5.72. The van der Waals surface area contributed by atoms with Crippen LogP contribution in [0.25, 0.3) is 5.69 Å². The van der Waals surface area contributed by atoms with Gasteiger partial charge in [0.15, 0.2) is 0 Å². The van der Waals surface area contributed by atoms with E-state index in [-0.39, 0.29) is 41.4 Å². The van der Waals surface area contributed by atoms with Gasteiger partial charge in [-0.15, -0.1) is 0 Å². The van der Waals surface area contributed by atoms with Gasteiger partial charge in [-0.1, -0.05) is 30.4 Å². The van der Waals surface area contributed by atoms with E-state index in [4.69, 9.17) is 0 Å². The third-order valence-corrected chi connectivity index (χ3v) is 5.72. The van der Waals surface area contributed by atoms with Gasteiger partial charge in [0.1, 0.15) is 12.2 Å². The summed E-state index contributed by atoms with van der Waals surface area (Å²) in [6.07, 6.45) is 4.84. The number of carbonyl (C=O) groups excluding carboxylic acids is 3. The first kappa shape index (κ1) is 18.9. The number of benzene rings is 1. The van der Waals surface area contributed by atoms with Crippen LogP contribution in [-0.2, 0) is 21.4 Å². The first-order valence-corrected chi connectivity index (χ1v) is 9.54. The maximum absolute atomic E-state index is 12.9. The second-order valence-corrected chi connectivity index (χ2v) is 7.40. The summed E-state index contributed by atoms with van der Waals surface area (Å²) < 4.78 is 3.11. The van der Waals surface area contributed by atoms with Crippen molar-refractivity contribution in [2.24, 2.45) is 18.9 Å². The summed E-state index contributed by atoms with van der Waals surface area (Å²) in [5.74, 6) is -1.95. The first-order chi connectivity index (χ1) is 13.9. The van der Waals surface area contributed by atoms with E-state index in [2.05, 4.69) is 5.32 Å². The second-order valence-electron chi connectivity index (χ2n) is 7.40. The van der Waals surface area contributed by atoms with Crippen molar-refractivity contribution in [3.8, 4) is 5.69 Å². The summed E-state index contributed by atoms with van der Waals surface area (Å²) in [5.41, 5.74) is 1.01. The zero-order chi connectivity index (χ0) is 20.7. The molecule has 0 spiro atoms. The zero-order valence-corrected chi connectivity index (χ0v) is 16.3. The van der Waals surface area contributed by atoms with Crippen molar-refractivity contribution in [2.75, 3.05) is 11.9 Å². The number of imide groups is 1. The zero-order valence-electron chi connectivity index (χ0n) is 16.3. The van der Waals surface area contributed by atoms with Crippen LogP contribution in [0.5, 0.6) is 0 Å². The largest absolute Gasteiger partial charge is 0.318 e. The van der Waals surface area contributed by atoms with Crippen LogP contribution in [0.15, 0.2) is 47.3 Å². The summed E-state index contributed by atoms with van der Waals surface area (Å²) in [6.45, 7) is 1.34. The van der Waals surface area contributed by atoms with E-state index in [1.807, 2.05) is 30.4 Å². The van der Waals surface area contributed by atoms with Crippen molar-refractivity contribution in [3.63, 3.8) is 0 Å². The van der Waals surface area contributed by atoms with Gasteiger partial charge in [-0.2, -0.15) is 0 Å². The van der Waals surface area contributed by atoms with E-state index < -0.39 is 5.91 Å². The fourth-order valence-corrected chi connectivity index (χ4v) is 4.06. The Labute approximate surface area is 167 Å². The van der Waals surface area contributed by atoms with Crippen LogP contribution in [-0.4, -0.2) is 38.5 Å². The van der Waals surface area contributed by atoms with E-state index in [0.717, 1.165) is 4.90 Å². The lowest BCUT2D eigenvalue weighted by molar-refractivity contribution is -0.142. The average molecular weight is 394 g/mol. The van der Waals surface area contributed by atoms with Crippen LogP contribution in [0.4, 0.5) is 5.69 Å². The van der Waals surface area contributed by atoms with E-state index >= 15 is 0 Å². The first-order valence-electron chi connectivity index (χ1n) is 9.54. The Kier molecular flexibility index (Phi) is 4.70. The standard InChI is InChI=1S/C21H22N4O4/c1-13-18(21(29)25(23(13)2)14-8-4-3-5-9-14)22-17(26)12-24-19(27)15-10-6-7-11-16(15)20(24)28/h3-9,15-16H,10-12H2,1-2H3,(H,22,26)/t15-,16-/m1/s1. The number of hydrogen-bond acceptors (Lipinski definition) is 4. The van der Waals surface area contributed by atoms with E-state index in [1.54, 1.807) is 30.8 Å². The number of allylic oxidation sites excluding steroid dienone is 2. The number of nitrogens with zero attached hydrogens (tertiary/aromatic N) is 3. The molecule has 8 nitrogen and oxygen atoms in total. The molecule has 1 fully saturated rings. The molecule has 1 aliphatic carbocycles. The number of aromatic nitrogens is 2. The Morgan fingerprint density at radius 3 is 2.21 bits per heavy atom. The van der Waals surface area contributed by atoms with E-state index in [9.17, 15) is 19.2 Å². The summed E-state index contributed by atoms with van der Waals surface area (Å²) in [4.78, 5) is 51.6. The predicted molar refractivity (Wildman–Crippen MR) is 106 cm³/mol. The molecule has 1 aromatic carbocycles. The van der Waals surface area contributed by atoms with E-state index in [1.165, 1.54) is 4.68 Å². The van der Waals surface area contributed by atoms with Crippen LogP contribution < -0.4 is 10.9 Å². The molecule has 1 saturated heterocycles. The molecule has 150 valence electrons. The molecule has 1 aliphatic heterocycles. The van der Waals surface area contributed by atoms with Crippen molar-refractivity contribution < 1.29 is 14.4 Å². The van der Waals surface area contributed by atoms with Gasteiger partial charge in [0.2, 0.25) is 17.7 Å². The lowest BCUT2D eigenvalue weighted by Gasteiger charge is -2.14. The van der Waals surface area contributed by atoms with Crippen molar-refractivity contribution in [2.45, 2.75) is 19.8 Å².